The van der Waals surface area contributed by atoms with E-state index >= 15 is 8.78 Å². The molecule has 210 valence electrons. The first-order chi connectivity index (χ1) is 18.6. The number of rotatable bonds is 7. The molecule has 4 rings (SSSR count). The number of aromatic nitrogens is 1. The number of hydrogen-bond acceptors (Lipinski definition) is 10. The van der Waals surface area contributed by atoms with E-state index in [1.165, 1.54) is 22.4 Å². The first kappa shape index (κ1) is 29.5. The van der Waals surface area contributed by atoms with Gasteiger partial charge in [-0.2, -0.15) is 9.59 Å². The fourth-order valence-corrected chi connectivity index (χ4v) is 4.30. The Morgan fingerprint density at radius 1 is 1.18 bits per heavy atom. The smallest absolute Gasteiger partial charge is 0.414 e. The first-order valence-corrected chi connectivity index (χ1v) is 12.2. The molecular formula is C22H21F4N5O7S. The number of hydrogen-bond donors (Lipinski definition) is 1. The second-order valence-electron chi connectivity index (χ2n) is 7.95. The summed E-state index contributed by atoms with van der Waals surface area (Å²) in [5.41, 5.74) is -0.465. The average molecular weight is 575 g/mol. The number of nitrogens with zero attached hydrogens (tertiary/aromatic N) is 4. The Morgan fingerprint density at radius 2 is 1.87 bits per heavy atom. The van der Waals surface area contributed by atoms with E-state index in [1.807, 2.05) is 0 Å². The highest BCUT2D eigenvalue weighted by Crippen LogP contribution is 2.32. The van der Waals surface area contributed by atoms with Crippen molar-refractivity contribution in [2.45, 2.75) is 25.4 Å². The van der Waals surface area contributed by atoms with Crippen LogP contribution in [0.15, 0.2) is 23.7 Å². The molecule has 1 aromatic carbocycles. The molecule has 2 aromatic rings. The summed E-state index contributed by atoms with van der Waals surface area (Å²) < 4.78 is 59.9. The molecule has 0 saturated carbocycles. The summed E-state index contributed by atoms with van der Waals surface area (Å²) >= 11 is 1.22. The van der Waals surface area contributed by atoms with E-state index in [0.717, 1.165) is 22.1 Å². The summed E-state index contributed by atoms with van der Waals surface area (Å²) in [6.45, 7) is -0.0162. The number of urea groups is 1. The van der Waals surface area contributed by atoms with E-state index in [1.54, 1.807) is 5.38 Å². The number of carbonyl (C=O) groups is 3. The molecule has 1 N–H and O–H groups in total. The number of ether oxygens (including phenoxy) is 1. The molecule has 0 spiro atoms. The molecule has 1 aromatic heterocycles. The maximum Gasteiger partial charge on any atom is 0.414 e. The summed E-state index contributed by atoms with van der Waals surface area (Å²) in [4.78, 5) is 63.6. The van der Waals surface area contributed by atoms with Crippen LogP contribution in [0.4, 0.5) is 43.7 Å². The summed E-state index contributed by atoms with van der Waals surface area (Å²) in [6.07, 6.45) is -3.72. The zero-order valence-electron chi connectivity index (χ0n) is 20.0. The molecule has 3 amide bonds. The zero-order chi connectivity index (χ0) is 28.5. The lowest BCUT2D eigenvalue weighted by molar-refractivity contribution is -0.191. The number of nitrogens with one attached hydrogen (secondary N) is 1. The van der Waals surface area contributed by atoms with Crippen molar-refractivity contribution in [2.24, 2.45) is 0 Å². The molecule has 2 saturated heterocycles. The van der Waals surface area contributed by atoms with Crippen molar-refractivity contribution in [3.63, 3.8) is 0 Å². The SMILES string of the molecule is O=C(CC[C@H]1CN(c2cc(F)c(N3CCON(C(=O)Nc4nccs4)CC3)c(F)c2)C(=O)O1)C(F)F.O=C=O. The molecule has 2 fully saturated rings. The largest absolute Gasteiger partial charge is 0.444 e. The van der Waals surface area contributed by atoms with Crippen LogP contribution in [0.1, 0.15) is 12.8 Å². The predicted molar refractivity (Wildman–Crippen MR) is 125 cm³/mol. The van der Waals surface area contributed by atoms with Gasteiger partial charge in [-0.1, -0.05) is 0 Å². The van der Waals surface area contributed by atoms with E-state index in [9.17, 15) is 23.2 Å². The van der Waals surface area contributed by atoms with Gasteiger partial charge in [0.1, 0.15) is 11.8 Å². The highest BCUT2D eigenvalue weighted by atomic mass is 32.1. The van der Waals surface area contributed by atoms with Gasteiger partial charge >= 0.3 is 18.3 Å². The summed E-state index contributed by atoms with van der Waals surface area (Å²) in [6, 6.07) is 1.36. The van der Waals surface area contributed by atoms with Gasteiger partial charge in [-0.05, 0) is 6.42 Å². The topological polar surface area (TPSA) is 138 Å². The van der Waals surface area contributed by atoms with Crippen LogP contribution < -0.4 is 15.1 Å². The number of thiazole rings is 1. The molecule has 3 heterocycles. The average Bonchev–Trinajstić information content (AvgIpc) is 3.45. The summed E-state index contributed by atoms with van der Waals surface area (Å²) in [5, 5.41) is 5.67. The van der Waals surface area contributed by atoms with Gasteiger partial charge in [0.2, 0.25) is 0 Å². The zero-order valence-corrected chi connectivity index (χ0v) is 20.8. The molecule has 39 heavy (non-hydrogen) atoms. The Hall–Kier alpha value is -4.08. The van der Waals surface area contributed by atoms with E-state index in [4.69, 9.17) is 19.2 Å². The van der Waals surface area contributed by atoms with Gasteiger partial charge in [-0.3, -0.25) is 19.8 Å². The third kappa shape index (κ3) is 7.72. The van der Waals surface area contributed by atoms with Crippen molar-refractivity contribution in [2.75, 3.05) is 47.9 Å². The van der Waals surface area contributed by atoms with E-state index in [-0.39, 0.29) is 56.7 Å². The van der Waals surface area contributed by atoms with Gasteiger partial charge in [0, 0.05) is 43.2 Å². The Labute approximate surface area is 222 Å². The predicted octanol–water partition coefficient (Wildman–Crippen LogP) is 3.06. The summed E-state index contributed by atoms with van der Waals surface area (Å²) in [7, 11) is 0. The molecule has 0 bridgehead atoms. The van der Waals surface area contributed by atoms with E-state index in [0.29, 0.717) is 5.13 Å². The molecule has 12 nitrogen and oxygen atoms in total. The standard InChI is InChI=1S/C21H21F4N5O5S.CO2/c22-14-9-12(29-11-13(35-21(29)33)1-2-16(31)18(24)25)10-15(23)17(14)28-4-5-30(34-7-6-28)20(32)27-19-26-3-8-36-19;2-1-3/h3,8-10,13,18H,1-2,4-7,11H2,(H,26,27,32);/t13-;/m0./s1. The van der Waals surface area contributed by atoms with Gasteiger partial charge in [0.05, 0.1) is 25.4 Å². The number of benzene rings is 1. The van der Waals surface area contributed by atoms with Crippen molar-refractivity contribution in [3.05, 3.63) is 35.3 Å². The third-order valence-electron chi connectivity index (χ3n) is 5.51. The normalized spacial score (nSPS) is 17.2. The highest BCUT2D eigenvalue weighted by molar-refractivity contribution is 7.13. The Kier molecular flexibility index (Phi) is 10.3. The molecule has 17 heteroatoms. The van der Waals surface area contributed by atoms with Crippen LogP contribution in [0, 0.1) is 11.6 Å². The lowest BCUT2D eigenvalue weighted by Gasteiger charge is -2.24. The maximum atomic E-state index is 15.0. The van der Waals surface area contributed by atoms with Gasteiger partial charge in [0.15, 0.2) is 22.5 Å². The van der Waals surface area contributed by atoms with Crippen molar-refractivity contribution < 1.29 is 51.1 Å². The van der Waals surface area contributed by atoms with Gasteiger partial charge in [-0.25, -0.2) is 37.2 Å². The molecule has 0 radical (unpaired) electrons. The van der Waals surface area contributed by atoms with Crippen LogP contribution in [0.2, 0.25) is 0 Å². The second kappa shape index (κ2) is 13.6. The number of cyclic esters (lactones) is 1. The fourth-order valence-electron chi connectivity index (χ4n) is 3.78. The number of hydroxylamine groups is 2. The van der Waals surface area contributed by atoms with Crippen LogP contribution in [0.3, 0.4) is 0 Å². The minimum absolute atomic E-state index is 0.00923. The first-order valence-electron chi connectivity index (χ1n) is 11.3. The number of anilines is 3. The monoisotopic (exact) mass is 575 g/mol. The van der Waals surface area contributed by atoms with Crippen LogP contribution in [-0.2, 0) is 24.0 Å². The lowest BCUT2D eigenvalue weighted by atomic mass is 10.1. The maximum absolute atomic E-state index is 15.0. The van der Waals surface area contributed by atoms with Crippen molar-refractivity contribution in [1.82, 2.24) is 10.0 Å². The number of carbonyl (C=O) groups excluding carboxylic acids is 5. The Balaban J connectivity index is 0.00000134. The Morgan fingerprint density at radius 3 is 2.49 bits per heavy atom. The second-order valence-corrected chi connectivity index (χ2v) is 8.85. The number of amides is 3. The molecule has 2 aliphatic heterocycles. The van der Waals surface area contributed by atoms with Crippen LogP contribution in [-0.4, -0.2) is 79.4 Å². The number of alkyl halides is 2. The summed E-state index contributed by atoms with van der Waals surface area (Å²) in [5.74, 6) is -3.17. The van der Waals surface area contributed by atoms with Crippen LogP contribution in [0.25, 0.3) is 0 Å². The van der Waals surface area contributed by atoms with Gasteiger partial charge in [-0.15, -0.1) is 11.3 Å². The lowest BCUT2D eigenvalue weighted by Crippen LogP contribution is -2.37. The molecule has 2 aliphatic rings. The minimum Gasteiger partial charge on any atom is -0.444 e. The Bertz CT molecular complexity index is 1190. The van der Waals surface area contributed by atoms with E-state index in [2.05, 4.69) is 10.3 Å². The molecule has 0 unspecified atom stereocenters. The quantitative estimate of drug-likeness (QED) is 0.494. The number of Topliss-reactive ketones (excluding diaryl/α,β-unsaturated/α-hetero) is 1. The van der Waals surface area contributed by atoms with E-state index < -0.39 is 48.5 Å². The minimum atomic E-state index is -3.11. The fraction of sp³-hybridized carbons (Fsp3) is 0.409. The van der Waals surface area contributed by atoms with Crippen molar-refractivity contribution >= 4 is 51.9 Å². The van der Waals surface area contributed by atoms with Crippen LogP contribution in [0.5, 0.6) is 0 Å². The molecular weight excluding hydrogens is 554 g/mol. The highest BCUT2D eigenvalue weighted by Gasteiger charge is 2.34. The van der Waals surface area contributed by atoms with Crippen LogP contribution >= 0.6 is 11.3 Å². The third-order valence-corrected chi connectivity index (χ3v) is 6.20. The number of ketones is 1. The van der Waals surface area contributed by atoms with Crippen molar-refractivity contribution in [3.8, 4) is 0 Å². The molecule has 0 aliphatic carbocycles. The molecule has 1 atom stereocenters. The van der Waals surface area contributed by atoms with Crippen molar-refractivity contribution in [1.29, 1.82) is 0 Å². The number of halogens is 4. The van der Waals surface area contributed by atoms with Gasteiger partial charge in [0.25, 0.3) is 6.43 Å². The van der Waals surface area contributed by atoms with Gasteiger partial charge < -0.3 is 9.64 Å².